The van der Waals surface area contributed by atoms with Gasteiger partial charge in [0.2, 0.25) is 5.91 Å². The van der Waals surface area contributed by atoms with Crippen molar-refractivity contribution >= 4 is 29.1 Å². The number of hydrogen-bond donors (Lipinski definition) is 2. The molecule has 6 heteroatoms. The Morgan fingerprint density at radius 2 is 1.88 bits per heavy atom. The van der Waals surface area contributed by atoms with E-state index in [1.54, 1.807) is 6.07 Å². The predicted octanol–water partition coefficient (Wildman–Crippen LogP) is 3.00. The number of likely N-dealkylation sites (tertiary alicyclic amines) is 1. The molecular weight excluding hydrogens is 326 g/mol. The van der Waals surface area contributed by atoms with Crippen molar-refractivity contribution in [1.82, 2.24) is 10.2 Å². The zero-order chi connectivity index (χ0) is 16.7. The van der Waals surface area contributed by atoms with Crippen LogP contribution in [0.25, 0.3) is 0 Å². The molecule has 1 spiro atoms. The second-order valence-corrected chi connectivity index (χ2v) is 7.54. The minimum absolute atomic E-state index is 0.134. The monoisotopic (exact) mass is 347 g/mol. The van der Waals surface area contributed by atoms with Gasteiger partial charge in [-0.15, -0.1) is 0 Å². The molecular formula is C18H22ClN3O2. The fraction of sp³-hybridized carbons (Fsp3) is 0.556. The van der Waals surface area contributed by atoms with Crippen molar-refractivity contribution in [2.75, 3.05) is 18.4 Å². The third-order valence-electron chi connectivity index (χ3n) is 5.60. The maximum Gasteiger partial charge on any atom is 0.256 e. The predicted molar refractivity (Wildman–Crippen MR) is 93.0 cm³/mol. The summed E-state index contributed by atoms with van der Waals surface area (Å²) in [6.07, 6.45) is 5.82. The van der Waals surface area contributed by atoms with Crippen LogP contribution in [0.2, 0.25) is 5.02 Å². The van der Waals surface area contributed by atoms with Crippen molar-refractivity contribution in [2.45, 2.75) is 44.2 Å². The van der Waals surface area contributed by atoms with Gasteiger partial charge in [-0.25, -0.2) is 0 Å². The van der Waals surface area contributed by atoms with Crippen LogP contribution in [-0.2, 0) is 4.79 Å². The molecule has 0 unspecified atom stereocenters. The Morgan fingerprint density at radius 1 is 1.17 bits per heavy atom. The third kappa shape index (κ3) is 2.65. The summed E-state index contributed by atoms with van der Waals surface area (Å²) in [7, 11) is 0. The van der Waals surface area contributed by atoms with Gasteiger partial charge in [-0.1, -0.05) is 30.5 Å². The lowest BCUT2D eigenvalue weighted by Crippen LogP contribution is -2.63. The van der Waals surface area contributed by atoms with E-state index in [0.717, 1.165) is 18.5 Å². The topological polar surface area (TPSA) is 61.4 Å². The van der Waals surface area contributed by atoms with Crippen molar-refractivity contribution in [3.8, 4) is 0 Å². The molecule has 0 radical (unpaired) electrons. The lowest BCUT2D eigenvalue weighted by atomic mass is 9.91. The van der Waals surface area contributed by atoms with E-state index >= 15 is 0 Å². The fourth-order valence-corrected chi connectivity index (χ4v) is 4.48. The quantitative estimate of drug-likeness (QED) is 0.821. The first-order valence-corrected chi connectivity index (χ1v) is 9.14. The lowest BCUT2D eigenvalue weighted by Gasteiger charge is -2.46. The average Bonchev–Trinajstić information content (AvgIpc) is 3.09. The number of nitrogens with zero attached hydrogens (tertiary/aromatic N) is 1. The molecule has 0 bridgehead atoms. The van der Waals surface area contributed by atoms with Gasteiger partial charge < -0.3 is 15.5 Å². The second kappa shape index (κ2) is 5.96. The van der Waals surface area contributed by atoms with E-state index in [1.807, 2.05) is 17.0 Å². The van der Waals surface area contributed by atoms with E-state index in [9.17, 15) is 9.59 Å². The Balaban J connectivity index is 1.47. The van der Waals surface area contributed by atoms with Crippen molar-refractivity contribution < 1.29 is 9.59 Å². The molecule has 5 nitrogen and oxygen atoms in total. The maximum atomic E-state index is 12.6. The molecule has 1 saturated heterocycles. The van der Waals surface area contributed by atoms with Gasteiger partial charge in [0, 0.05) is 31.8 Å². The summed E-state index contributed by atoms with van der Waals surface area (Å²) in [6.45, 7) is 1.36. The number of nitrogens with one attached hydrogen (secondary N) is 2. The number of amides is 2. The van der Waals surface area contributed by atoms with Crippen molar-refractivity contribution in [1.29, 1.82) is 0 Å². The highest BCUT2D eigenvalue weighted by Gasteiger charge is 2.42. The molecule has 1 aromatic rings. The fourth-order valence-electron chi connectivity index (χ4n) is 4.22. The number of halogens is 1. The standard InChI is InChI=1S/C18H22ClN3O2/c19-13-6-3-7-14-15(13)16(23)21-18(20-14)8-10-22(11-9-18)17(24)12-4-1-2-5-12/h3,6-7,12,20H,1-2,4-5,8-11H2,(H,21,23). The molecule has 0 aromatic heterocycles. The highest BCUT2D eigenvalue weighted by Crippen LogP contribution is 2.35. The number of piperidine rings is 1. The van der Waals surface area contributed by atoms with Gasteiger partial charge >= 0.3 is 0 Å². The van der Waals surface area contributed by atoms with E-state index in [1.165, 1.54) is 12.8 Å². The Labute approximate surface area is 146 Å². The van der Waals surface area contributed by atoms with Crippen LogP contribution in [0, 0.1) is 5.92 Å². The zero-order valence-electron chi connectivity index (χ0n) is 13.6. The molecule has 1 aromatic carbocycles. The summed E-state index contributed by atoms with van der Waals surface area (Å²) < 4.78 is 0. The first-order valence-electron chi connectivity index (χ1n) is 8.76. The van der Waals surface area contributed by atoms with Gasteiger partial charge in [-0.3, -0.25) is 9.59 Å². The largest absolute Gasteiger partial charge is 0.362 e. The van der Waals surface area contributed by atoms with Gasteiger partial charge in [0.15, 0.2) is 0 Å². The van der Waals surface area contributed by atoms with Crippen molar-refractivity contribution in [3.05, 3.63) is 28.8 Å². The molecule has 2 N–H and O–H groups in total. The van der Waals surface area contributed by atoms with Crippen LogP contribution in [0.4, 0.5) is 5.69 Å². The van der Waals surface area contributed by atoms with E-state index < -0.39 is 5.66 Å². The number of rotatable bonds is 1. The first kappa shape index (κ1) is 15.8. The molecule has 2 amide bonds. The number of fused-ring (bicyclic) bond motifs is 1. The zero-order valence-corrected chi connectivity index (χ0v) is 14.4. The van der Waals surface area contributed by atoms with E-state index in [4.69, 9.17) is 11.6 Å². The lowest BCUT2D eigenvalue weighted by molar-refractivity contribution is -0.136. The molecule has 3 aliphatic rings. The molecule has 2 aliphatic heterocycles. The highest BCUT2D eigenvalue weighted by molar-refractivity contribution is 6.34. The Hall–Kier alpha value is -1.75. The van der Waals surface area contributed by atoms with Gasteiger partial charge in [-0.2, -0.15) is 0 Å². The summed E-state index contributed by atoms with van der Waals surface area (Å²) in [5, 5.41) is 7.00. The molecule has 2 heterocycles. The number of benzene rings is 1. The minimum atomic E-state index is -0.471. The van der Waals surface area contributed by atoms with Crippen LogP contribution in [0.15, 0.2) is 18.2 Å². The summed E-state index contributed by atoms with van der Waals surface area (Å²) >= 11 is 6.15. The maximum absolute atomic E-state index is 12.6. The van der Waals surface area contributed by atoms with E-state index in [-0.39, 0.29) is 11.8 Å². The second-order valence-electron chi connectivity index (χ2n) is 7.13. The smallest absolute Gasteiger partial charge is 0.256 e. The molecule has 1 saturated carbocycles. The first-order chi connectivity index (χ1) is 11.6. The SMILES string of the molecule is O=C1NC2(CCN(C(=O)C3CCCC3)CC2)Nc2cccc(Cl)c21. The summed E-state index contributed by atoms with van der Waals surface area (Å²) in [6, 6.07) is 5.46. The number of anilines is 1. The Morgan fingerprint density at radius 3 is 2.58 bits per heavy atom. The minimum Gasteiger partial charge on any atom is -0.362 e. The molecule has 1 aliphatic carbocycles. The molecule has 0 atom stereocenters. The number of hydrogen-bond acceptors (Lipinski definition) is 3. The van der Waals surface area contributed by atoms with Crippen LogP contribution < -0.4 is 10.6 Å². The normalized spacial score (nSPS) is 22.9. The van der Waals surface area contributed by atoms with Crippen LogP contribution in [0.1, 0.15) is 48.9 Å². The number of carbonyl (C=O) groups is 2. The molecule has 128 valence electrons. The molecule has 24 heavy (non-hydrogen) atoms. The highest BCUT2D eigenvalue weighted by atomic mass is 35.5. The summed E-state index contributed by atoms with van der Waals surface area (Å²) in [5.74, 6) is 0.380. The molecule has 4 rings (SSSR count). The Bertz CT molecular complexity index is 677. The molecule has 2 fully saturated rings. The average molecular weight is 348 g/mol. The van der Waals surface area contributed by atoms with Crippen LogP contribution in [-0.4, -0.2) is 35.5 Å². The van der Waals surface area contributed by atoms with E-state index in [0.29, 0.717) is 42.4 Å². The van der Waals surface area contributed by atoms with Crippen molar-refractivity contribution in [2.24, 2.45) is 5.92 Å². The van der Waals surface area contributed by atoms with Gasteiger partial charge in [0.1, 0.15) is 5.66 Å². The Kier molecular flexibility index (Phi) is 3.91. The summed E-state index contributed by atoms with van der Waals surface area (Å²) in [4.78, 5) is 27.0. The third-order valence-corrected chi connectivity index (χ3v) is 5.92. The van der Waals surface area contributed by atoms with Crippen LogP contribution >= 0.6 is 11.6 Å². The van der Waals surface area contributed by atoms with Crippen molar-refractivity contribution in [3.63, 3.8) is 0 Å². The van der Waals surface area contributed by atoms with Crippen LogP contribution in [0.5, 0.6) is 0 Å². The van der Waals surface area contributed by atoms with Gasteiger partial charge in [0.25, 0.3) is 5.91 Å². The summed E-state index contributed by atoms with van der Waals surface area (Å²) in [5.41, 5.74) is 0.817. The van der Waals surface area contributed by atoms with Gasteiger partial charge in [0.05, 0.1) is 16.3 Å². The number of carbonyl (C=O) groups excluding carboxylic acids is 2. The van der Waals surface area contributed by atoms with Gasteiger partial charge in [-0.05, 0) is 25.0 Å². The van der Waals surface area contributed by atoms with E-state index in [2.05, 4.69) is 10.6 Å². The van der Waals surface area contributed by atoms with Crippen LogP contribution in [0.3, 0.4) is 0 Å².